The van der Waals surface area contributed by atoms with Gasteiger partial charge in [0.2, 0.25) is 0 Å². The molecule has 0 aliphatic heterocycles. The SMILES string of the molecule is CCOc1ccc(Cl)cc1CCNC(=NC)NC. The first-order chi connectivity index (χ1) is 8.71. The Morgan fingerprint density at radius 2 is 2.22 bits per heavy atom. The minimum atomic E-state index is 0.653. The lowest BCUT2D eigenvalue weighted by Crippen LogP contribution is -2.35. The van der Waals surface area contributed by atoms with Crippen LogP contribution in [0.5, 0.6) is 5.75 Å². The van der Waals surface area contributed by atoms with Crippen molar-refractivity contribution in [2.24, 2.45) is 4.99 Å². The highest BCUT2D eigenvalue weighted by molar-refractivity contribution is 6.30. The third-order valence-electron chi connectivity index (χ3n) is 2.47. The van der Waals surface area contributed by atoms with E-state index in [0.717, 1.165) is 35.3 Å². The molecule has 0 fully saturated rings. The Labute approximate surface area is 113 Å². The number of benzene rings is 1. The second-order valence-electron chi connectivity index (χ2n) is 3.68. The monoisotopic (exact) mass is 269 g/mol. The summed E-state index contributed by atoms with van der Waals surface area (Å²) in [5.41, 5.74) is 1.10. The number of nitrogens with one attached hydrogen (secondary N) is 2. The Morgan fingerprint density at radius 1 is 1.44 bits per heavy atom. The van der Waals surface area contributed by atoms with Crippen LogP contribution in [0.25, 0.3) is 0 Å². The molecule has 1 rings (SSSR count). The van der Waals surface area contributed by atoms with Crippen molar-refractivity contribution < 1.29 is 4.74 Å². The molecule has 0 aromatic heterocycles. The predicted molar refractivity (Wildman–Crippen MR) is 76.7 cm³/mol. The minimum Gasteiger partial charge on any atom is -0.494 e. The van der Waals surface area contributed by atoms with Gasteiger partial charge in [-0.15, -0.1) is 0 Å². The molecule has 0 amide bonds. The third kappa shape index (κ3) is 4.45. The van der Waals surface area contributed by atoms with E-state index in [-0.39, 0.29) is 0 Å². The van der Waals surface area contributed by atoms with Crippen LogP contribution in [0.3, 0.4) is 0 Å². The molecule has 0 heterocycles. The molecule has 18 heavy (non-hydrogen) atoms. The lowest BCUT2D eigenvalue weighted by molar-refractivity contribution is 0.336. The van der Waals surface area contributed by atoms with Crippen LogP contribution < -0.4 is 15.4 Å². The Morgan fingerprint density at radius 3 is 2.83 bits per heavy atom. The van der Waals surface area contributed by atoms with Crippen molar-refractivity contribution in [3.8, 4) is 5.75 Å². The first-order valence-electron chi connectivity index (χ1n) is 6.00. The number of hydrogen-bond acceptors (Lipinski definition) is 2. The quantitative estimate of drug-likeness (QED) is 0.635. The number of hydrogen-bond donors (Lipinski definition) is 2. The zero-order valence-electron chi connectivity index (χ0n) is 11.1. The number of halogens is 1. The van der Waals surface area contributed by atoms with Crippen LogP contribution in [0.2, 0.25) is 5.02 Å². The van der Waals surface area contributed by atoms with Gasteiger partial charge in [0.15, 0.2) is 5.96 Å². The summed E-state index contributed by atoms with van der Waals surface area (Å²) in [6.45, 7) is 3.40. The molecule has 0 bridgehead atoms. The van der Waals surface area contributed by atoms with Crippen molar-refractivity contribution in [1.29, 1.82) is 0 Å². The molecular formula is C13H20ClN3O. The highest BCUT2D eigenvalue weighted by atomic mass is 35.5. The summed E-state index contributed by atoms with van der Waals surface area (Å²) in [6, 6.07) is 5.69. The van der Waals surface area contributed by atoms with Gasteiger partial charge in [0, 0.05) is 25.7 Å². The van der Waals surface area contributed by atoms with Crippen molar-refractivity contribution in [2.45, 2.75) is 13.3 Å². The normalized spacial score (nSPS) is 11.2. The van der Waals surface area contributed by atoms with Gasteiger partial charge in [-0.25, -0.2) is 0 Å². The van der Waals surface area contributed by atoms with E-state index >= 15 is 0 Å². The van der Waals surface area contributed by atoms with Crippen LogP contribution in [0.1, 0.15) is 12.5 Å². The maximum atomic E-state index is 6.00. The van der Waals surface area contributed by atoms with E-state index < -0.39 is 0 Å². The standard InChI is InChI=1S/C13H20ClN3O/c1-4-18-12-6-5-11(14)9-10(12)7-8-17-13(15-2)16-3/h5-6,9H,4,7-8H2,1-3H3,(H2,15,16,17). The number of guanidine groups is 1. The first kappa shape index (κ1) is 14.6. The van der Waals surface area contributed by atoms with Crippen LogP contribution >= 0.6 is 11.6 Å². The highest BCUT2D eigenvalue weighted by Crippen LogP contribution is 2.23. The fraction of sp³-hybridized carbons (Fsp3) is 0.462. The van der Waals surface area contributed by atoms with Crippen LogP contribution in [0.15, 0.2) is 23.2 Å². The summed E-state index contributed by atoms with van der Waals surface area (Å²) in [4.78, 5) is 4.05. The maximum absolute atomic E-state index is 6.00. The fourth-order valence-electron chi connectivity index (χ4n) is 1.63. The van der Waals surface area contributed by atoms with Gasteiger partial charge in [-0.2, -0.15) is 0 Å². The molecule has 0 unspecified atom stereocenters. The van der Waals surface area contributed by atoms with Crippen molar-refractivity contribution in [1.82, 2.24) is 10.6 Å². The van der Waals surface area contributed by atoms with E-state index in [1.54, 1.807) is 7.05 Å². The summed E-state index contributed by atoms with van der Waals surface area (Å²) in [5.74, 6) is 1.66. The van der Waals surface area contributed by atoms with Gasteiger partial charge >= 0.3 is 0 Å². The highest BCUT2D eigenvalue weighted by Gasteiger charge is 2.04. The summed E-state index contributed by atoms with van der Waals surface area (Å²) < 4.78 is 5.57. The molecule has 0 saturated carbocycles. The summed E-state index contributed by atoms with van der Waals surface area (Å²) in [6.07, 6.45) is 0.830. The Balaban J connectivity index is 2.62. The molecule has 0 aliphatic carbocycles. The second-order valence-corrected chi connectivity index (χ2v) is 4.12. The lowest BCUT2D eigenvalue weighted by atomic mass is 10.1. The molecule has 5 heteroatoms. The Kier molecular flexibility index (Phi) is 6.36. The van der Waals surface area contributed by atoms with Gasteiger partial charge in [0.25, 0.3) is 0 Å². The van der Waals surface area contributed by atoms with E-state index in [2.05, 4.69) is 15.6 Å². The second kappa shape index (κ2) is 7.82. The summed E-state index contributed by atoms with van der Waals surface area (Å²) in [7, 11) is 3.57. The zero-order valence-corrected chi connectivity index (χ0v) is 11.8. The van der Waals surface area contributed by atoms with Crippen LogP contribution in [0.4, 0.5) is 0 Å². The van der Waals surface area contributed by atoms with Gasteiger partial charge in [0.1, 0.15) is 5.75 Å². The Bertz CT molecular complexity index is 407. The molecular weight excluding hydrogens is 250 g/mol. The van der Waals surface area contributed by atoms with E-state index in [4.69, 9.17) is 16.3 Å². The van der Waals surface area contributed by atoms with E-state index in [0.29, 0.717) is 6.61 Å². The fourth-order valence-corrected chi connectivity index (χ4v) is 1.83. The third-order valence-corrected chi connectivity index (χ3v) is 2.70. The molecule has 1 aromatic rings. The maximum Gasteiger partial charge on any atom is 0.190 e. The minimum absolute atomic E-state index is 0.653. The molecule has 2 N–H and O–H groups in total. The van der Waals surface area contributed by atoms with Gasteiger partial charge in [-0.05, 0) is 37.1 Å². The largest absolute Gasteiger partial charge is 0.494 e. The average Bonchev–Trinajstić information content (AvgIpc) is 2.38. The molecule has 0 spiro atoms. The van der Waals surface area contributed by atoms with Gasteiger partial charge in [-0.3, -0.25) is 4.99 Å². The van der Waals surface area contributed by atoms with Crippen molar-refractivity contribution in [3.05, 3.63) is 28.8 Å². The van der Waals surface area contributed by atoms with E-state index in [9.17, 15) is 0 Å². The number of nitrogens with zero attached hydrogens (tertiary/aromatic N) is 1. The Hall–Kier alpha value is -1.42. The van der Waals surface area contributed by atoms with E-state index in [1.807, 2.05) is 32.2 Å². The molecule has 100 valence electrons. The average molecular weight is 270 g/mol. The van der Waals surface area contributed by atoms with Crippen molar-refractivity contribution >= 4 is 17.6 Å². The molecule has 0 radical (unpaired) electrons. The van der Waals surface area contributed by atoms with Crippen molar-refractivity contribution in [2.75, 3.05) is 27.2 Å². The van der Waals surface area contributed by atoms with Crippen LogP contribution in [-0.2, 0) is 6.42 Å². The molecule has 0 atom stereocenters. The van der Waals surface area contributed by atoms with Gasteiger partial charge in [0.05, 0.1) is 6.61 Å². The van der Waals surface area contributed by atoms with Gasteiger partial charge in [-0.1, -0.05) is 11.6 Å². The van der Waals surface area contributed by atoms with Crippen LogP contribution in [-0.4, -0.2) is 33.2 Å². The van der Waals surface area contributed by atoms with E-state index in [1.165, 1.54) is 0 Å². The van der Waals surface area contributed by atoms with Gasteiger partial charge < -0.3 is 15.4 Å². The molecule has 1 aromatic carbocycles. The number of aliphatic imine (C=N–C) groups is 1. The van der Waals surface area contributed by atoms with Crippen molar-refractivity contribution in [3.63, 3.8) is 0 Å². The zero-order chi connectivity index (χ0) is 13.4. The van der Waals surface area contributed by atoms with Crippen LogP contribution in [0, 0.1) is 0 Å². The lowest BCUT2D eigenvalue weighted by Gasteiger charge is -2.12. The number of rotatable bonds is 5. The summed E-state index contributed by atoms with van der Waals surface area (Å²) in [5, 5.41) is 6.90. The topological polar surface area (TPSA) is 45.6 Å². The number of ether oxygens (including phenoxy) is 1. The predicted octanol–water partition coefficient (Wildman–Crippen LogP) is 2.08. The first-order valence-corrected chi connectivity index (χ1v) is 6.38. The molecule has 4 nitrogen and oxygen atoms in total. The smallest absolute Gasteiger partial charge is 0.190 e. The summed E-state index contributed by atoms with van der Waals surface area (Å²) >= 11 is 6.00. The molecule has 0 aliphatic rings. The molecule has 0 saturated heterocycles.